The van der Waals surface area contributed by atoms with Crippen molar-refractivity contribution in [3.63, 3.8) is 0 Å². The fourth-order valence-electron chi connectivity index (χ4n) is 3.99. The molecule has 8 nitrogen and oxygen atoms in total. The topological polar surface area (TPSA) is 85.2 Å². The molecule has 150 valence electrons. The van der Waals surface area contributed by atoms with Gasteiger partial charge in [0.15, 0.2) is 0 Å². The van der Waals surface area contributed by atoms with Crippen LogP contribution < -0.4 is 10.2 Å². The normalized spacial score (nSPS) is 20.4. The Morgan fingerprint density at radius 1 is 1.18 bits per heavy atom. The molecule has 0 aliphatic carbocycles. The van der Waals surface area contributed by atoms with E-state index in [4.69, 9.17) is 4.74 Å². The number of piperidine rings is 1. The first-order valence-corrected chi connectivity index (χ1v) is 10.3. The number of nitrogens with zero attached hydrogens (tertiary/aromatic N) is 5. The van der Waals surface area contributed by atoms with Gasteiger partial charge in [-0.3, -0.25) is 4.79 Å². The highest BCUT2D eigenvalue weighted by Gasteiger charge is 2.24. The summed E-state index contributed by atoms with van der Waals surface area (Å²) in [4.78, 5) is 14.3. The van der Waals surface area contributed by atoms with Crippen molar-refractivity contribution in [1.29, 1.82) is 0 Å². The van der Waals surface area contributed by atoms with Crippen LogP contribution >= 0.6 is 0 Å². The van der Waals surface area contributed by atoms with E-state index in [9.17, 15) is 4.79 Å². The Balaban J connectivity index is 1.22. The number of para-hydroxylation sites is 1. The van der Waals surface area contributed by atoms with Gasteiger partial charge in [-0.25, -0.2) is 0 Å². The molecule has 0 radical (unpaired) electrons. The summed E-state index contributed by atoms with van der Waals surface area (Å²) in [6.45, 7) is 3.30. The highest BCUT2D eigenvalue weighted by Crippen LogP contribution is 2.25. The molecule has 1 aromatic carbocycles. The molecule has 0 spiro atoms. The number of carbonyl (C=O) groups is 1. The van der Waals surface area contributed by atoms with E-state index in [-0.39, 0.29) is 12.0 Å². The maximum absolute atomic E-state index is 12.1. The highest BCUT2D eigenvalue weighted by atomic mass is 16.5. The first-order valence-electron chi connectivity index (χ1n) is 10.3. The number of anilines is 1. The van der Waals surface area contributed by atoms with Gasteiger partial charge >= 0.3 is 0 Å². The number of carbonyl (C=O) groups excluding carboxylic acids is 1. The van der Waals surface area contributed by atoms with Crippen LogP contribution in [0.4, 0.5) is 5.95 Å². The molecule has 1 atom stereocenters. The second kappa shape index (κ2) is 9.14. The summed E-state index contributed by atoms with van der Waals surface area (Å²) in [6, 6.07) is 9.95. The van der Waals surface area contributed by atoms with E-state index in [2.05, 4.69) is 25.7 Å². The molecule has 1 aromatic heterocycles. The first-order chi connectivity index (χ1) is 13.8. The average molecular weight is 384 g/mol. The second-order valence-electron chi connectivity index (χ2n) is 7.63. The fraction of sp³-hybridized carbons (Fsp3) is 0.600. The second-order valence-corrected chi connectivity index (χ2v) is 7.63. The predicted molar refractivity (Wildman–Crippen MR) is 105 cm³/mol. The number of amides is 1. The lowest BCUT2D eigenvalue weighted by Gasteiger charge is -2.32. The number of tetrazole rings is 1. The number of aromatic nitrogens is 4. The summed E-state index contributed by atoms with van der Waals surface area (Å²) >= 11 is 0. The Morgan fingerprint density at radius 2 is 2.00 bits per heavy atom. The lowest BCUT2D eigenvalue weighted by atomic mass is 9.92. The van der Waals surface area contributed by atoms with Crippen molar-refractivity contribution < 1.29 is 9.53 Å². The van der Waals surface area contributed by atoms with E-state index in [0.29, 0.717) is 18.9 Å². The molecule has 2 aliphatic rings. The molecule has 8 heteroatoms. The lowest BCUT2D eigenvalue weighted by Crippen LogP contribution is -2.36. The van der Waals surface area contributed by atoms with Gasteiger partial charge in [0, 0.05) is 32.7 Å². The predicted octanol–water partition coefficient (Wildman–Crippen LogP) is 1.95. The van der Waals surface area contributed by atoms with Crippen LogP contribution in [0.2, 0.25) is 0 Å². The van der Waals surface area contributed by atoms with Gasteiger partial charge in [0.1, 0.15) is 0 Å². The molecule has 0 unspecified atom stereocenters. The molecule has 0 bridgehead atoms. The Hall–Kier alpha value is -2.48. The Bertz CT molecular complexity index is 751. The van der Waals surface area contributed by atoms with Crippen LogP contribution in [-0.4, -0.2) is 58.5 Å². The van der Waals surface area contributed by atoms with Crippen molar-refractivity contribution in [2.75, 3.05) is 31.1 Å². The van der Waals surface area contributed by atoms with Crippen LogP contribution in [0.25, 0.3) is 5.69 Å². The van der Waals surface area contributed by atoms with Gasteiger partial charge in [-0.05, 0) is 60.6 Å². The minimum Gasteiger partial charge on any atom is -0.376 e. The summed E-state index contributed by atoms with van der Waals surface area (Å²) in [5.41, 5.74) is 0.965. The zero-order chi connectivity index (χ0) is 19.2. The number of benzene rings is 1. The smallest absolute Gasteiger partial charge is 0.250 e. The quantitative estimate of drug-likeness (QED) is 0.785. The summed E-state index contributed by atoms with van der Waals surface area (Å²) in [6.07, 6.45) is 6.02. The molecule has 2 saturated heterocycles. The van der Waals surface area contributed by atoms with Crippen molar-refractivity contribution in [1.82, 2.24) is 25.5 Å². The standard InChI is InChI=1S/C20H28N6O2/c27-19(21-15-18-7-4-14-28-18)9-8-16-10-12-25(13-11-16)20-22-23-24-26(20)17-5-2-1-3-6-17/h1-3,5-6,16,18H,4,7-15H2,(H,21,27)/t18-/m0/s1. The maximum atomic E-state index is 12.1. The third kappa shape index (κ3) is 4.67. The number of nitrogens with one attached hydrogen (secondary N) is 1. The largest absolute Gasteiger partial charge is 0.376 e. The minimum atomic E-state index is 0.144. The first kappa shape index (κ1) is 18.9. The number of hydrogen-bond donors (Lipinski definition) is 1. The van der Waals surface area contributed by atoms with Gasteiger partial charge in [0.05, 0.1) is 11.8 Å². The van der Waals surface area contributed by atoms with E-state index in [1.807, 2.05) is 30.3 Å². The molecule has 1 amide bonds. The van der Waals surface area contributed by atoms with Crippen LogP contribution in [0.15, 0.2) is 30.3 Å². The van der Waals surface area contributed by atoms with Crippen LogP contribution in [0.5, 0.6) is 0 Å². The molecular weight excluding hydrogens is 356 g/mol. The Kier molecular flexibility index (Phi) is 6.16. The Morgan fingerprint density at radius 3 is 2.75 bits per heavy atom. The average Bonchev–Trinajstić information content (AvgIpc) is 3.44. The summed E-state index contributed by atoms with van der Waals surface area (Å²) in [5, 5.41) is 15.3. The third-order valence-electron chi connectivity index (χ3n) is 5.68. The van der Waals surface area contributed by atoms with Gasteiger partial charge in [-0.1, -0.05) is 23.3 Å². The zero-order valence-corrected chi connectivity index (χ0v) is 16.2. The molecule has 1 N–H and O–H groups in total. The van der Waals surface area contributed by atoms with E-state index in [1.165, 1.54) is 0 Å². The van der Waals surface area contributed by atoms with Gasteiger partial charge in [0.25, 0.3) is 0 Å². The van der Waals surface area contributed by atoms with Crippen LogP contribution in [0, 0.1) is 5.92 Å². The highest BCUT2D eigenvalue weighted by molar-refractivity contribution is 5.75. The SMILES string of the molecule is O=C(CCC1CCN(c2nnnn2-c2ccccc2)CC1)NC[C@@H]1CCCO1. The van der Waals surface area contributed by atoms with Crippen molar-refractivity contribution in [3.05, 3.63) is 30.3 Å². The summed E-state index contributed by atoms with van der Waals surface area (Å²) in [5.74, 6) is 1.51. The maximum Gasteiger partial charge on any atom is 0.250 e. The van der Waals surface area contributed by atoms with Crippen LogP contribution in [0.1, 0.15) is 38.5 Å². The van der Waals surface area contributed by atoms with E-state index in [1.54, 1.807) is 4.68 Å². The fourth-order valence-corrected chi connectivity index (χ4v) is 3.99. The number of ether oxygens (including phenoxy) is 1. The molecular formula is C20H28N6O2. The molecule has 2 fully saturated rings. The monoisotopic (exact) mass is 384 g/mol. The van der Waals surface area contributed by atoms with Gasteiger partial charge < -0.3 is 15.0 Å². The molecule has 2 aromatic rings. The zero-order valence-electron chi connectivity index (χ0n) is 16.2. The van der Waals surface area contributed by atoms with E-state index in [0.717, 1.165) is 63.4 Å². The van der Waals surface area contributed by atoms with Crippen LogP contribution in [0.3, 0.4) is 0 Å². The number of rotatable bonds is 7. The van der Waals surface area contributed by atoms with Crippen molar-refractivity contribution in [3.8, 4) is 5.69 Å². The van der Waals surface area contributed by atoms with Crippen molar-refractivity contribution in [2.24, 2.45) is 5.92 Å². The molecule has 3 heterocycles. The van der Waals surface area contributed by atoms with Crippen molar-refractivity contribution >= 4 is 11.9 Å². The van der Waals surface area contributed by atoms with E-state index < -0.39 is 0 Å². The lowest BCUT2D eigenvalue weighted by molar-refractivity contribution is -0.121. The summed E-state index contributed by atoms with van der Waals surface area (Å²) in [7, 11) is 0. The van der Waals surface area contributed by atoms with Crippen LogP contribution in [-0.2, 0) is 9.53 Å². The molecule has 0 saturated carbocycles. The number of hydrogen-bond acceptors (Lipinski definition) is 6. The summed E-state index contributed by atoms with van der Waals surface area (Å²) < 4.78 is 7.34. The van der Waals surface area contributed by atoms with Gasteiger partial charge in [-0.15, -0.1) is 0 Å². The van der Waals surface area contributed by atoms with Crippen molar-refractivity contribution in [2.45, 2.75) is 44.6 Å². The van der Waals surface area contributed by atoms with Gasteiger partial charge in [0.2, 0.25) is 11.9 Å². The Labute approximate surface area is 165 Å². The molecule has 2 aliphatic heterocycles. The third-order valence-corrected chi connectivity index (χ3v) is 5.68. The minimum absolute atomic E-state index is 0.144. The molecule has 4 rings (SSSR count). The van der Waals surface area contributed by atoms with E-state index >= 15 is 0 Å². The molecule has 28 heavy (non-hydrogen) atoms. The van der Waals surface area contributed by atoms with Gasteiger partial charge in [-0.2, -0.15) is 4.68 Å².